The highest BCUT2D eigenvalue weighted by Gasteiger charge is 2.29. The maximum atomic E-state index is 13.3. The lowest BCUT2D eigenvalue weighted by Gasteiger charge is -2.19. The van der Waals surface area contributed by atoms with Gasteiger partial charge in [0.05, 0.1) is 0 Å². The first-order chi connectivity index (χ1) is 17.9. The molecule has 4 rings (SSSR count). The average Bonchev–Trinajstić information content (AvgIpc) is 3.34. The van der Waals surface area contributed by atoms with Crippen molar-refractivity contribution in [2.45, 2.75) is 17.7 Å². The molecular weight excluding hydrogens is 508 g/mol. The Hall–Kier alpha value is -3.82. The summed E-state index contributed by atoms with van der Waals surface area (Å²) in [5.41, 5.74) is 2.51. The normalized spacial score (nSPS) is 12.5. The molecule has 0 spiro atoms. The molecule has 1 aromatic heterocycles. The topological polar surface area (TPSA) is 116 Å². The Morgan fingerprint density at radius 3 is 2.05 bits per heavy atom. The van der Waals surface area contributed by atoms with E-state index in [1.165, 1.54) is 0 Å². The lowest BCUT2D eigenvalue weighted by molar-refractivity contribution is -0.141. The zero-order valence-corrected chi connectivity index (χ0v) is 21.3. The molecule has 0 aliphatic rings. The van der Waals surface area contributed by atoms with Crippen molar-refractivity contribution < 1.29 is 24.3 Å². The third-order valence-corrected chi connectivity index (χ3v) is 7.96. The van der Waals surface area contributed by atoms with Crippen LogP contribution in [0.5, 0.6) is 0 Å². The number of fused-ring (bicyclic) bond motifs is 1. The molecule has 4 aromatic rings. The zero-order valence-electron chi connectivity index (χ0n) is 19.6. The molecule has 37 heavy (non-hydrogen) atoms. The van der Waals surface area contributed by atoms with Gasteiger partial charge in [-0.1, -0.05) is 102 Å². The molecule has 0 radical (unpaired) electrons. The molecule has 3 aromatic carbocycles. The Balaban J connectivity index is 1.50. The van der Waals surface area contributed by atoms with E-state index in [1.54, 1.807) is 66.9 Å². The fourth-order valence-electron chi connectivity index (χ4n) is 3.73. The van der Waals surface area contributed by atoms with Gasteiger partial charge in [0.1, 0.15) is 11.3 Å². The maximum absolute atomic E-state index is 13.3. The van der Waals surface area contributed by atoms with Crippen LogP contribution >= 0.6 is 23.5 Å². The lowest BCUT2D eigenvalue weighted by atomic mass is 10.0. The van der Waals surface area contributed by atoms with Crippen molar-refractivity contribution >= 4 is 56.5 Å². The van der Waals surface area contributed by atoms with Gasteiger partial charge in [-0.05, 0) is 11.6 Å². The number of carbonyl (C=O) groups is 4. The Bertz CT molecular complexity index is 1410. The molecule has 0 saturated heterocycles. The molecule has 1 heterocycles. The number of hydrogen-bond acceptors (Lipinski definition) is 6. The van der Waals surface area contributed by atoms with Crippen molar-refractivity contribution in [1.29, 1.82) is 0 Å². The minimum absolute atomic E-state index is 0.00221. The quantitative estimate of drug-likeness (QED) is 0.269. The molecule has 1 unspecified atom stereocenters. The van der Waals surface area contributed by atoms with Gasteiger partial charge < -0.3 is 15.4 Å². The summed E-state index contributed by atoms with van der Waals surface area (Å²) < 4.78 is 0. The maximum Gasteiger partial charge on any atom is 0.326 e. The van der Waals surface area contributed by atoms with Crippen LogP contribution in [0.1, 0.15) is 26.3 Å². The highest BCUT2D eigenvalue weighted by molar-refractivity contribution is 8.18. The van der Waals surface area contributed by atoms with E-state index in [-0.39, 0.29) is 22.4 Å². The molecule has 3 N–H and O–H groups in total. The van der Waals surface area contributed by atoms with Gasteiger partial charge in [-0.25, -0.2) is 4.79 Å². The van der Waals surface area contributed by atoms with Crippen LogP contribution in [0.2, 0.25) is 0 Å². The molecule has 188 valence electrons. The zero-order chi connectivity index (χ0) is 26.2. The van der Waals surface area contributed by atoms with Crippen molar-refractivity contribution in [2.24, 2.45) is 0 Å². The summed E-state index contributed by atoms with van der Waals surface area (Å²) in [6.45, 7) is 0. The van der Waals surface area contributed by atoms with Crippen LogP contribution in [-0.2, 0) is 16.0 Å². The van der Waals surface area contributed by atoms with Gasteiger partial charge in [0.15, 0.2) is 0 Å². The van der Waals surface area contributed by atoms with E-state index >= 15 is 0 Å². The number of para-hydroxylation sites is 1. The van der Waals surface area contributed by atoms with Crippen LogP contribution in [0.15, 0.2) is 91.1 Å². The van der Waals surface area contributed by atoms with Gasteiger partial charge in [-0.3, -0.25) is 14.4 Å². The lowest BCUT2D eigenvalue weighted by Crippen LogP contribution is -2.46. The minimum Gasteiger partial charge on any atom is -0.480 e. The summed E-state index contributed by atoms with van der Waals surface area (Å²) in [7, 11) is 0. The second-order valence-electron chi connectivity index (χ2n) is 8.19. The summed E-state index contributed by atoms with van der Waals surface area (Å²) >= 11 is 1.70. The molecule has 2 atom stereocenters. The number of carboxylic acid groups (broad SMARTS) is 1. The Morgan fingerprint density at radius 1 is 0.811 bits per heavy atom. The molecule has 0 aliphatic heterocycles. The van der Waals surface area contributed by atoms with Gasteiger partial charge in [0.2, 0.25) is 16.1 Å². The summed E-state index contributed by atoms with van der Waals surface area (Å²) in [4.78, 5) is 53.9. The number of carbonyl (C=O) groups excluding carboxylic acids is 3. The van der Waals surface area contributed by atoms with Crippen LogP contribution in [0.25, 0.3) is 10.9 Å². The van der Waals surface area contributed by atoms with Crippen molar-refractivity contribution in [2.75, 3.05) is 5.75 Å². The highest BCUT2D eigenvalue weighted by atomic mass is 32.2. The smallest absolute Gasteiger partial charge is 0.326 e. The number of benzene rings is 3. The molecule has 0 fully saturated rings. The standard InChI is InChI=1S/C28H24N2O5S2/c31-25(30-23(26(32)33)15-20-16-29-22-14-8-7-13-21(20)22)24(37-28(35)19-11-5-2-6-12-19)17-36-27(34)18-9-3-1-4-10-18/h1-14,16,23-24,29H,15,17H2,(H,30,31)(H,32,33)/t23?,24-/m1/s1. The third-order valence-electron chi connectivity index (χ3n) is 5.64. The van der Waals surface area contributed by atoms with Crippen LogP contribution in [-0.4, -0.2) is 49.2 Å². The van der Waals surface area contributed by atoms with Crippen molar-refractivity contribution in [3.05, 3.63) is 108 Å². The number of thioether (sulfide) groups is 2. The minimum atomic E-state index is -1.21. The molecule has 0 aliphatic carbocycles. The molecule has 9 heteroatoms. The van der Waals surface area contributed by atoms with Crippen molar-refractivity contribution in [3.8, 4) is 0 Å². The highest BCUT2D eigenvalue weighted by Crippen LogP contribution is 2.25. The van der Waals surface area contributed by atoms with E-state index < -0.39 is 23.2 Å². The number of aromatic nitrogens is 1. The van der Waals surface area contributed by atoms with Crippen LogP contribution < -0.4 is 5.32 Å². The van der Waals surface area contributed by atoms with E-state index in [9.17, 15) is 24.3 Å². The predicted molar refractivity (Wildman–Crippen MR) is 147 cm³/mol. The van der Waals surface area contributed by atoms with Crippen LogP contribution in [0.4, 0.5) is 0 Å². The summed E-state index contributed by atoms with van der Waals surface area (Å²) in [5.74, 6) is -1.80. The Labute approximate surface area is 222 Å². The Kier molecular flexibility index (Phi) is 8.81. The molecular formula is C28H24N2O5S2. The first-order valence-electron chi connectivity index (χ1n) is 11.5. The first-order valence-corrected chi connectivity index (χ1v) is 13.4. The van der Waals surface area contributed by atoms with Gasteiger partial charge in [-0.2, -0.15) is 0 Å². The van der Waals surface area contributed by atoms with Crippen molar-refractivity contribution in [3.63, 3.8) is 0 Å². The van der Waals surface area contributed by atoms with E-state index in [0.717, 1.165) is 40.0 Å². The summed E-state index contributed by atoms with van der Waals surface area (Å²) in [5, 5.41) is 11.8. The second kappa shape index (κ2) is 12.4. The van der Waals surface area contributed by atoms with E-state index in [1.807, 2.05) is 24.3 Å². The number of carboxylic acids is 1. The number of rotatable bonds is 10. The Morgan fingerprint density at radius 2 is 1.41 bits per heavy atom. The SMILES string of the molecule is O=C(SC[C@@H](SC(=O)c1ccccc1)C(=O)NC(Cc1c[nH]c2ccccc12)C(=O)O)c1ccccc1. The monoisotopic (exact) mass is 532 g/mol. The number of nitrogens with one attached hydrogen (secondary N) is 2. The number of H-pyrrole nitrogens is 1. The van der Waals surface area contributed by atoms with E-state index in [4.69, 9.17) is 0 Å². The van der Waals surface area contributed by atoms with Gasteiger partial charge in [0, 0.05) is 40.4 Å². The molecule has 1 amide bonds. The second-order valence-corrected chi connectivity index (χ2v) is 10.4. The summed E-state index contributed by atoms with van der Waals surface area (Å²) in [6.07, 6.45) is 1.79. The van der Waals surface area contributed by atoms with Gasteiger partial charge >= 0.3 is 5.97 Å². The van der Waals surface area contributed by atoms with E-state index in [2.05, 4.69) is 10.3 Å². The number of aliphatic carboxylic acids is 1. The fourth-order valence-corrected chi connectivity index (χ4v) is 5.67. The molecule has 0 saturated carbocycles. The number of aromatic amines is 1. The fraction of sp³-hybridized carbons (Fsp3) is 0.143. The first kappa shape index (κ1) is 26.2. The van der Waals surface area contributed by atoms with E-state index in [0.29, 0.717) is 11.1 Å². The molecule has 0 bridgehead atoms. The van der Waals surface area contributed by atoms with Crippen LogP contribution in [0, 0.1) is 0 Å². The van der Waals surface area contributed by atoms with Crippen molar-refractivity contribution in [1.82, 2.24) is 10.3 Å². The number of amides is 1. The number of hydrogen-bond donors (Lipinski definition) is 3. The molecule has 7 nitrogen and oxygen atoms in total. The third kappa shape index (κ3) is 6.90. The van der Waals surface area contributed by atoms with Crippen LogP contribution in [0.3, 0.4) is 0 Å². The largest absolute Gasteiger partial charge is 0.480 e. The summed E-state index contributed by atoms with van der Waals surface area (Å²) in [6, 6.07) is 23.4. The predicted octanol–water partition coefficient (Wildman–Crippen LogP) is 4.80. The van der Waals surface area contributed by atoms with Gasteiger partial charge in [0.25, 0.3) is 0 Å². The van der Waals surface area contributed by atoms with Gasteiger partial charge in [-0.15, -0.1) is 0 Å². The average molecular weight is 533 g/mol.